The number of hydrogen-bond donors (Lipinski definition) is 0. The van der Waals surface area contributed by atoms with Crippen LogP contribution in [-0.2, 0) is 50.0 Å². The van der Waals surface area contributed by atoms with E-state index in [0.717, 1.165) is 0 Å². The average Bonchev–Trinajstić information content (AvgIpc) is 0.811. The van der Waals surface area contributed by atoms with Gasteiger partial charge in [-0.05, 0) is 6.16 Å². The molecule has 0 fully saturated rings. The molecule has 0 N–H and O–H groups in total. The van der Waals surface area contributed by atoms with E-state index in [0.29, 0.717) is 0 Å². The third-order valence-electron chi connectivity index (χ3n) is 0. The van der Waals surface area contributed by atoms with Crippen molar-refractivity contribution < 1.29 is 65.1 Å². The summed E-state index contributed by atoms with van der Waals surface area (Å²) >= 11 is 0. The molecule has 0 saturated carbocycles. The monoisotopic (exact) mass is 369 g/mol. The van der Waals surface area contributed by atoms with Crippen LogP contribution in [0.2, 0.25) is 0 Å². The standard InChI is InChI=1S/CH2O3.Ag.Hg/c2-1(3)4;;/h(H2,2,3,4);;/q;2*+1/p-2. The molecule has 6 heavy (non-hydrogen) atoms. The Morgan fingerprint density at radius 2 is 1.33 bits per heavy atom. The normalized spacial score (nSPS) is 4.00. The van der Waals surface area contributed by atoms with E-state index in [2.05, 4.69) is 0 Å². The van der Waals surface area contributed by atoms with Gasteiger partial charge >= 0.3 is 50.0 Å². The van der Waals surface area contributed by atoms with Crippen LogP contribution < -0.4 is 10.2 Å². The number of hydrogen-bond acceptors (Lipinski definition) is 3. The fraction of sp³-hybridized carbons (Fsp3) is 0. The van der Waals surface area contributed by atoms with Crippen molar-refractivity contribution in [2.45, 2.75) is 0 Å². The Labute approximate surface area is 70.8 Å². The molecule has 0 aliphatic carbocycles. The first-order valence-electron chi connectivity index (χ1n) is 0.612. The van der Waals surface area contributed by atoms with E-state index in [9.17, 15) is 0 Å². The number of carbonyl (C=O) groups is 1. The van der Waals surface area contributed by atoms with Gasteiger partial charge in [-0.25, -0.2) is 0 Å². The van der Waals surface area contributed by atoms with Crippen LogP contribution in [0.3, 0.4) is 0 Å². The van der Waals surface area contributed by atoms with Gasteiger partial charge in [0.2, 0.25) is 0 Å². The van der Waals surface area contributed by atoms with Crippen molar-refractivity contribution in [3.05, 3.63) is 0 Å². The Morgan fingerprint density at radius 1 is 1.33 bits per heavy atom. The van der Waals surface area contributed by atoms with Crippen LogP contribution in [0.4, 0.5) is 4.79 Å². The van der Waals surface area contributed by atoms with Crippen LogP contribution in [0.5, 0.6) is 0 Å². The molecule has 3 nitrogen and oxygen atoms in total. The zero-order chi connectivity index (χ0) is 3.58. The minimum absolute atomic E-state index is 0. The van der Waals surface area contributed by atoms with Gasteiger partial charge in [0.15, 0.2) is 0 Å². The maximum absolute atomic E-state index is 8.33. The molecule has 5 heteroatoms. The fourth-order valence-corrected chi connectivity index (χ4v) is 0. The summed E-state index contributed by atoms with van der Waals surface area (Å²) in [6.45, 7) is 0. The second-order valence-corrected chi connectivity index (χ2v) is 0.250. The summed E-state index contributed by atoms with van der Waals surface area (Å²) < 4.78 is 0. The Hall–Kier alpha value is 0.945. The van der Waals surface area contributed by atoms with Gasteiger partial charge in [0.05, 0.1) is 0 Å². The molecule has 0 aromatic heterocycles. The van der Waals surface area contributed by atoms with Gasteiger partial charge in [0.1, 0.15) is 0 Å². The van der Waals surface area contributed by atoms with Crippen molar-refractivity contribution in [1.29, 1.82) is 0 Å². The van der Waals surface area contributed by atoms with Crippen LogP contribution in [0.15, 0.2) is 0 Å². The third kappa shape index (κ3) is 86.1. The summed E-state index contributed by atoms with van der Waals surface area (Å²) in [7, 11) is 0. The Morgan fingerprint density at radius 3 is 1.33 bits per heavy atom. The van der Waals surface area contributed by atoms with Crippen molar-refractivity contribution in [2.24, 2.45) is 0 Å². The summed E-state index contributed by atoms with van der Waals surface area (Å²) in [4.78, 5) is 8.33. The Balaban J connectivity index is -0.0000000450. The maximum Gasteiger partial charge on any atom is 1.00 e. The summed E-state index contributed by atoms with van der Waals surface area (Å²) in [6.07, 6.45) is -2.33. The molecule has 0 heterocycles. The Kier molecular flexibility index (Phi) is 24.6. The molecule has 0 aliphatic rings. The zero-order valence-corrected chi connectivity index (χ0v) is 9.71. The van der Waals surface area contributed by atoms with Crippen LogP contribution in [0.25, 0.3) is 0 Å². The van der Waals surface area contributed by atoms with Crippen LogP contribution in [0, 0.1) is 0 Å². The van der Waals surface area contributed by atoms with Crippen molar-refractivity contribution in [1.82, 2.24) is 0 Å². The van der Waals surface area contributed by atoms with Gasteiger partial charge in [-0.2, -0.15) is 0 Å². The molecule has 0 atom stereocenters. The summed E-state index contributed by atoms with van der Waals surface area (Å²) in [6, 6.07) is 0. The minimum Gasteiger partial charge on any atom is -0.652 e. The minimum atomic E-state index is -2.33. The number of carbonyl (C=O) groups excluding carboxylic acids is 1. The van der Waals surface area contributed by atoms with E-state index in [4.69, 9.17) is 15.0 Å². The van der Waals surface area contributed by atoms with Crippen molar-refractivity contribution in [3.8, 4) is 0 Å². The van der Waals surface area contributed by atoms with Gasteiger partial charge in [0.25, 0.3) is 0 Å². The zero-order valence-electron chi connectivity index (χ0n) is 2.73. The first kappa shape index (κ1) is 15.8. The van der Waals surface area contributed by atoms with Crippen molar-refractivity contribution >= 4 is 6.16 Å². The molecule has 35 valence electrons. The second-order valence-electron chi connectivity index (χ2n) is 0.250. The summed E-state index contributed by atoms with van der Waals surface area (Å²) in [5.74, 6) is 0. The maximum atomic E-state index is 8.33. The van der Waals surface area contributed by atoms with Gasteiger partial charge in [-0.3, -0.25) is 0 Å². The molecule has 0 aliphatic heterocycles. The fourth-order valence-electron chi connectivity index (χ4n) is 0. The molecule has 0 saturated heterocycles. The molecule has 0 bridgehead atoms. The molecular formula is CAgHgO3. The van der Waals surface area contributed by atoms with Crippen molar-refractivity contribution in [3.63, 3.8) is 0 Å². The van der Waals surface area contributed by atoms with Crippen LogP contribution in [-0.4, -0.2) is 6.16 Å². The van der Waals surface area contributed by atoms with E-state index >= 15 is 0 Å². The molecule has 0 aromatic carbocycles. The van der Waals surface area contributed by atoms with Gasteiger partial charge in [-0.15, -0.1) is 0 Å². The van der Waals surface area contributed by atoms with E-state index < -0.39 is 6.16 Å². The predicted molar refractivity (Wildman–Crippen MR) is 5.40 cm³/mol. The third-order valence-corrected chi connectivity index (χ3v) is 0. The first-order chi connectivity index (χ1) is 1.73. The predicted octanol–water partition coefficient (Wildman–Crippen LogP) is -2.45. The smallest absolute Gasteiger partial charge is 0.652 e. The van der Waals surface area contributed by atoms with Crippen molar-refractivity contribution in [2.75, 3.05) is 0 Å². The first-order valence-corrected chi connectivity index (χ1v) is 0.612. The van der Waals surface area contributed by atoms with Gasteiger partial charge in [0, 0.05) is 0 Å². The molecule has 1 radical (unpaired) electrons. The quantitative estimate of drug-likeness (QED) is 0.446. The Bertz CT molecular complexity index is 33.8. The molecule has 0 spiro atoms. The number of rotatable bonds is 0. The molecule has 0 amide bonds. The van der Waals surface area contributed by atoms with E-state index in [1.165, 1.54) is 0 Å². The van der Waals surface area contributed by atoms with Crippen LogP contribution >= 0.6 is 0 Å². The van der Waals surface area contributed by atoms with Gasteiger partial charge in [-0.1, -0.05) is 0 Å². The molecular weight excluding hydrogens is 368 g/mol. The van der Waals surface area contributed by atoms with Crippen LogP contribution in [0.1, 0.15) is 0 Å². The van der Waals surface area contributed by atoms with E-state index in [-0.39, 0.29) is 50.0 Å². The number of carboxylic acid groups (broad SMARTS) is 2. The molecule has 0 rings (SSSR count). The summed E-state index contributed by atoms with van der Waals surface area (Å²) in [5.41, 5.74) is 0. The SMILES string of the molecule is O=C([O-])[O-].[Ag+].[Hg+]. The van der Waals surface area contributed by atoms with E-state index in [1.807, 2.05) is 0 Å². The average molecular weight is 368 g/mol. The van der Waals surface area contributed by atoms with Gasteiger partial charge < -0.3 is 15.0 Å². The topological polar surface area (TPSA) is 63.2 Å². The summed E-state index contributed by atoms with van der Waals surface area (Å²) in [5, 5.41) is 16.7. The molecule has 0 aromatic rings. The second kappa shape index (κ2) is 9.34. The largest absolute Gasteiger partial charge is 1.00 e. The molecule has 0 unspecified atom stereocenters. The van der Waals surface area contributed by atoms with E-state index in [1.54, 1.807) is 0 Å².